The van der Waals surface area contributed by atoms with Crippen molar-refractivity contribution in [3.63, 3.8) is 0 Å². The predicted molar refractivity (Wildman–Crippen MR) is 109 cm³/mol. The van der Waals surface area contributed by atoms with E-state index in [1.807, 2.05) is 18.2 Å². The highest BCUT2D eigenvalue weighted by molar-refractivity contribution is 7.84. The van der Waals surface area contributed by atoms with E-state index in [0.717, 1.165) is 41.5 Å². The van der Waals surface area contributed by atoms with Crippen LogP contribution in [0.2, 0.25) is 0 Å². The van der Waals surface area contributed by atoms with E-state index in [-0.39, 0.29) is 6.79 Å². The number of rotatable bonds is 4. The molecular formula is C19H21N5O4S. The molecule has 152 valence electrons. The molecule has 1 unspecified atom stereocenters. The van der Waals surface area contributed by atoms with Gasteiger partial charge in [-0.15, -0.1) is 0 Å². The molecule has 10 heteroatoms. The molecule has 2 aromatic rings. The lowest BCUT2D eigenvalue weighted by Gasteiger charge is -2.31. The normalized spacial score (nSPS) is 20.7. The van der Waals surface area contributed by atoms with Crippen LogP contribution < -0.4 is 19.8 Å². The van der Waals surface area contributed by atoms with Gasteiger partial charge in [0.2, 0.25) is 12.7 Å². The Bertz CT molecular complexity index is 977. The third kappa shape index (κ3) is 3.90. The van der Waals surface area contributed by atoms with Gasteiger partial charge in [-0.1, -0.05) is 0 Å². The van der Waals surface area contributed by atoms with Crippen molar-refractivity contribution in [1.82, 2.24) is 9.97 Å². The van der Waals surface area contributed by atoms with Crippen LogP contribution in [0.5, 0.6) is 11.5 Å². The zero-order chi connectivity index (χ0) is 19.6. The SMILES string of the molecule is O=S1CCc2nc(N/N=C/c3ccc4c(c3)OCO4)nc(N3CCOCC3)c2C1. The number of nitrogens with one attached hydrogen (secondary N) is 1. The summed E-state index contributed by atoms with van der Waals surface area (Å²) in [6.45, 7) is 3.08. The molecule has 1 aromatic heterocycles. The Morgan fingerprint density at radius 1 is 1.17 bits per heavy atom. The van der Waals surface area contributed by atoms with Crippen molar-refractivity contribution in [2.45, 2.75) is 12.2 Å². The molecule has 9 nitrogen and oxygen atoms in total. The molecule has 1 saturated heterocycles. The minimum Gasteiger partial charge on any atom is -0.454 e. The molecule has 4 heterocycles. The van der Waals surface area contributed by atoms with Crippen LogP contribution in [-0.2, 0) is 27.7 Å². The molecule has 1 fully saturated rings. The van der Waals surface area contributed by atoms with E-state index in [9.17, 15) is 4.21 Å². The number of hydrogen-bond acceptors (Lipinski definition) is 9. The van der Waals surface area contributed by atoms with Gasteiger partial charge in [0.25, 0.3) is 0 Å². The number of nitrogens with zero attached hydrogens (tertiary/aromatic N) is 4. The van der Waals surface area contributed by atoms with E-state index >= 15 is 0 Å². The summed E-state index contributed by atoms with van der Waals surface area (Å²) in [4.78, 5) is 11.5. The number of hydrazone groups is 1. The lowest BCUT2D eigenvalue weighted by Crippen LogP contribution is -2.38. The van der Waals surface area contributed by atoms with Crippen LogP contribution in [0.25, 0.3) is 0 Å². The fourth-order valence-corrected chi connectivity index (χ4v) is 4.74. The first kappa shape index (κ1) is 18.3. The first-order valence-electron chi connectivity index (χ1n) is 9.52. The summed E-state index contributed by atoms with van der Waals surface area (Å²) < 4.78 is 28.3. The van der Waals surface area contributed by atoms with Crippen LogP contribution in [-0.4, -0.2) is 59.2 Å². The summed E-state index contributed by atoms with van der Waals surface area (Å²) >= 11 is 0. The number of anilines is 2. The fourth-order valence-electron chi connectivity index (χ4n) is 3.56. The summed E-state index contributed by atoms with van der Waals surface area (Å²) in [6, 6.07) is 5.63. The van der Waals surface area contributed by atoms with Crippen molar-refractivity contribution in [1.29, 1.82) is 0 Å². The van der Waals surface area contributed by atoms with Gasteiger partial charge in [-0.05, 0) is 23.8 Å². The minimum absolute atomic E-state index is 0.242. The van der Waals surface area contributed by atoms with Crippen LogP contribution in [0.3, 0.4) is 0 Å². The van der Waals surface area contributed by atoms with E-state index in [4.69, 9.17) is 14.2 Å². The molecule has 1 aromatic carbocycles. The number of benzene rings is 1. The van der Waals surface area contributed by atoms with Gasteiger partial charge >= 0.3 is 0 Å². The zero-order valence-corrected chi connectivity index (χ0v) is 16.6. The summed E-state index contributed by atoms with van der Waals surface area (Å²) in [5.74, 6) is 3.86. The van der Waals surface area contributed by atoms with Gasteiger partial charge in [-0.25, -0.2) is 10.4 Å². The second kappa shape index (κ2) is 7.96. The quantitative estimate of drug-likeness (QED) is 0.589. The molecule has 0 bridgehead atoms. The van der Waals surface area contributed by atoms with Crippen LogP contribution in [0.1, 0.15) is 16.8 Å². The van der Waals surface area contributed by atoms with Gasteiger partial charge in [0.05, 0.1) is 30.9 Å². The zero-order valence-electron chi connectivity index (χ0n) is 15.8. The van der Waals surface area contributed by atoms with Crippen LogP contribution >= 0.6 is 0 Å². The molecule has 3 aliphatic rings. The summed E-state index contributed by atoms with van der Waals surface area (Å²) in [6.07, 6.45) is 2.37. The number of ether oxygens (including phenoxy) is 3. The van der Waals surface area contributed by atoms with Crippen molar-refractivity contribution >= 4 is 28.8 Å². The first-order chi connectivity index (χ1) is 14.3. The lowest BCUT2D eigenvalue weighted by atomic mass is 10.1. The van der Waals surface area contributed by atoms with Gasteiger partial charge in [-0.3, -0.25) is 4.21 Å². The largest absolute Gasteiger partial charge is 0.454 e. The second-order valence-corrected chi connectivity index (χ2v) is 8.49. The maximum atomic E-state index is 12.1. The van der Waals surface area contributed by atoms with Gasteiger partial charge in [0.1, 0.15) is 5.82 Å². The van der Waals surface area contributed by atoms with Crippen LogP contribution in [0.4, 0.5) is 11.8 Å². The highest BCUT2D eigenvalue weighted by Crippen LogP contribution is 2.32. The van der Waals surface area contributed by atoms with E-state index in [1.165, 1.54) is 0 Å². The Labute approximate surface area is 170 Å². The molecular weight excluding hydrogens is 394 g/mol. The Morgan fingerprint density at radius 2 is 2.03 bits per heavy atom. The number of morpholine rings is 1. The maximum absolute atomic E-state index is 12.1. The van der Waals surface area contributed by atoms with Gasteiger partial charge in [0, 0.05) is 41.6 Å². The average molecular weight is 415 g/mol. The minimum atomic E-state index is -0.863. The smallest absolute Gasteiger partial charge is 0.245 e. The number of hydrogen-bond donors (Lipinski definition) is 1. The highest BCUT2D eigenvalue weighted by atomic mass is 32.2. The molecule has 0 radical (unpaired) electrons. The molecule has 29 heavy (non-hydrogen) atoms. The standard InChI is InChI=1S/C19H21N5O4S/c25-29-8-3-15-14(11-29)18(24-4-6-26-7-5-24)22-19(21-15)23-20-10-13-1-2-16-17(9-13)28-12-27-16/h1-2,9-10H,3-8,11-12H2,(H,21,22,23)/b20-10+. The molecule has 0 saturated carbocycles. The maximum Gasteiger partial charge on any atom is 0.245 e. The van der Waals surface area contributed by atoms with Crippen LogP contribution in [0, 0.1) is 0 Å². The molecule has 0 amide bonds. The van der Waals surface area contributed by atoms with E-state index in [0.29, 0.717) is 42.8 Å². The molecule has 0 spiro atoms. The fraction of sp³-hybridized carbons (Fsp3) is 0.421. The molecule has 5 rings (SSSR count). The van der Waals surface area contributed by atoms with Crippen LogP contribution in [0.15, 0.2) is 23.3 Å². The highest BCUT2D eigenvalue weighted by Gasteiger charge is 2.25. The first-order valence-corrected chi connectivity index (χ1v) is 11.0. The predicted octanol–water partition coefficient (Wildman–Crippen LogP) is 1.29. The van der Waals surface area contributed by atoms with Gasteiger partial charge in [0.15, 0.2) is 11.5 Å². The number of aromatic nitrogens is 2. The lowest BCUT2D eigenvalue weighted by molar-refractivity contribution is 0.122. The van der Waals surface area contributed by atoms with Crippen molar-refractivity contribution in [2.24, 2.45) is 5.10 Å². The molecule has 1 N–H and O–H groups in total. The molecule has 1 atom stereocenters. The summed E-state index contributed by atoms with van der Waals surface area (Å²) in [5, 5.41) is 4.29. The van der Waals surface area contributed by atoms with E-state index < -0.39 is 10.8 Å². The number of fused-ring (bicyclic) bond motifs is 2. The molecule has 0 aliphatic carbocycles. The molecule has 3 aliphatic heterocycles. The van der Waals surface area contributed by atoms with E-state index in [2.05, 4.69) is 25.4 Å². The Hall–Kier alpha value is -2.72. The monoisotopic (exact) mass is 415 g/mol. The average Bonchev–Trinajstić information content (AvgIpc) is 3.22. The topological polar surface area (TPSA) is 98.2 Å². The Balaban J connectivity index is 1.39. The van der Waals surface area contributed by atoms with Crippen molar-refractivity contribution < 1.29 is 18.4 Å². The number of aryl methyl sites for hydroxylation is 1. The van der Waals surface area contributed by atoms with Gasteiger partial charge in [-0.2, -0.15) is 10.1 Å². The third-order valence-corrected chi connectivity index (χ3v) is 6.30. The Morgan fingerprint density at radius 3 is 2.93 bits per heavy atom. The second-order valence-electron chi connectivity index (χ2n) is 6.92. The third-order valence-electron chi connectivity index (χ3n) is 5.03. The Kier molecular flexibility index (Phi) is 5.03. The van der Waals surface area contributed by atoms with Crippen molar-refractivity contribution in [3.05, 3.63) is 35.0 Å². The van der Waals surface area contributed by atoms with E-state index in [1.54, 1.807) is 6.21 Å². The van der Waals surface area contributed by atoms with Crippen molar-refractivity contribution in [2.75, 3.05) is 49.2 Å². The van der Waals surface area contributed by atoms with Gasteiger partial charge < -0.3 is 19.1 Å². The van der Waals surface area contributed by atoms with Crippen molar-refractivity contribution in [3.8, 4) is 11.5 Å². The summed E-state index contributed by atoms with van der Waals surface area (Å²) in [7, 11) is -0.863. The summed E-state index contributed by atoms with van der Waals surface area (Å²) in [5.41, 5.74) is 5.76.